The molecule has 6 heteroatoms. The van der Waals surface area contributed by atoms with E-state index in [0.717, 1.165) is 50.4 Å². The molecule has 1 fully saturated rings. The van der Waals surface area contributed by atoms with E-state index in [1.807, 2.05) is 24.3 Å². The van der Waals surface area contributed by atoms with Gasteiger partial charge < -0.3 is 27.0 Å². The van der Waals surface area contributed by atoms with Gasteiger partial charge in [-0.2, -0.15) is 0 Å². The van der Waals surface area contributed by atoms with Gasteiger partial charge in [-0.25, -0.2) is 0 Å². The number of amides is 1. The second-order valence-electron chi connectivity index (χ2n) is 5.58. The van der Waals surface area contributed by atoms with Gasteiger partial charge in [0.1, 0.15) is 0 Å². The normalized spacial score (nSPS) is 22.5. The standard InChI is InChI=1S/C16H27N5O/c17-14-4-2-13(3-5-14)15-12-16(22)21-11-9-19-7-1-6-18-8-10-20-15/h2-5,15,18-20H,1,6-12,17H2,(H,21,22). The third kappa shape index (κ3) is 6.01. The molecule has 0 bridgehead atoms. The molecule has 0 aromatic heterocycles. The number of benzene rings is 1. The molecule has 1 aromatic rings. The first-order valence-electron chi connectivity index (χ1n) is 8.02. The first-order valence-corrected chi connectivity index (χ1v) is 8.02. The van der Waals surface area contributed by atoms with Crippen LogP contribution in [0.5, 0.6) is 0 Å². The van der Waals surface area contributed by atoms with Gasteiger partial charge in [0, 0.05) is 44.3 Å². The van der Waals surface area contributed by atoms with E-state index >= 15 is 0 Å². The molecule has 1 aromatic carbocycles. The molecule has 0 saturated carbocycles. The van der Waals surface area contributed by atoms with E-state index in [4.69, 9.17) is 5.73 Å². The number of hydrogen-bond donors (Lipinski definition) is 5. The Bertz CT molecular complexity index is 448. The SMILES string of the molecule is Nc1ccc(C2CC(=O)NCCNCCCNCCN2)cc1. The van der Waals surface area contributed by atoms with Gasteiger partial charge >= 0.3 is 0 Å². The second-order valence-corrected chi connectivity index (χ2v) is 5.58. The molecule has 0 radical (unpaired) electrons. The van der Waals surface area contributed by atoms with Crippen LogP contribution >= 0.6 is 0 Å². The van der Waals surface area contributed by atoms with Crippen molar-refractivity contribution in [2.45, 2.75) is 18.9 Å². The minimum absolute atomic E-state index is 0.0123. The molecular formula is C16H27N5O. The van der Waals surface area contributed by atoms with Crippen LogP contribution < -0.4 is 27.0 Å². The largest absolute Gasteiger partial charge is 0.399 e. The van der Waals surface area contributed by atoms with Crippen LogP contribution in [0.2, 0.25) is 0 Å². The van der Waals surface area contributed by atoms with E-state index in [1.54, 1.807) is 0 Å². The summed E-state index contributed by atoms with van der Waals surface area (Å²) in [6.45, 7) is 5.19. The minimum Gasteiger partial charge on any atom is -0.399 e. The molecule has 22 heavy (non-hydrogen) atoms. The molecule has 2 rings (SSSR count). The zero-order chi connectivity index (χ0) is 15.6. The second kappa shape index (κ2) is 9.40. The third-order valence-corrected chi connectivity index (χ3v) is 3.75. The average molecular weight is 305 g/mol. The van der Waals surface area contributed by atoms with E-state index in [0.29, 0.717) is 13.0 Å². The lowest BCUT2D eigenvalue weighted by Gasteiger charge is -2.20. The summed E-state index contributed by atoms with van der Waals surface area (Å²) in [7, 11) is 0. The zero-order valence-corrected chi connectivity index (χ0v) is 13.0. The van der Waals surface area contributed by atoms with Gasteiger partial charge in [-0.3, -0.25) is 4.79 Å². The lowest BCUT2D eigenvalue weighted by molar-refractivity contribution is -0.121. The van der Waals surface area contributed by atoms with Crippen molar-refractivity contribution in [3.05, 3.63) is 29.8 Å². The van der Waals surface area contributed by atoms with Gasteiger partial charge in [-0.15, -0.1) is 0 Å². The number of anilines is 1. The number of nitrogens with two attached hydrogens (primary N) is 1. The predicted molar refractivity (Wildman–Crippen MR) is 89.6 cm³/mol. The molecule has 0 spiro atoms. The van der Waals surface area contributed by atoms with Gasteiger partial charge in [0.05, 0.1) is 0 Å². The molecule has 1 aliphatic heterocycles. The van der Waals surface area contributed by atoms with Crippen LogP contribution in [0.1, 0.15) is 24.4 Å². The number of rotatable bonds is 1. The molecule has 122 valence electrons. The Morgan fingerprint density at radius 3 is 2.32 bits per heavy atom. The van der Waals surface area contributed by atoms with Crippen LogP contribution in [-0.4, -0.2) is 45.2 Å². The fraction of sp³-hybridized carbons (Fsp3) is 0.562. The Balaban J connectivity index is 1.97. The highest BCUT2D eigenvalue weighted by molar-refractivity contribution is 5.76. The molecule has 6 nitrogen and oxygen atoms in total. The Morgan fingerprint density at radius 2 is 1.59 bits per heavy atom. The lowest BCUT2D eigenvalue weighted by atomic mass is 10.0. The maximum Gasteiger partial charge on any atom is 0.221 e. The fourth-order valence-electron chi connectivity index (χ4n) is 2.51. The maximum atomic E-state index is 12.1. The van der Waals surface area contributed by atoms with Crippen molar-refractivity contribution in [2.24, 2.45) is 0 Å². The van der Waals surface area contributed by atoms with Crippen molar-refractivity contribution >= 4 is 11.6 Å². The molecule has 1 saturated heterocycles. The number of carbonyl (C=O) groups is 1. The summed E-state index contributed by atoms with van der Waals surface area (Å²) in [5.41, 5.74) is 7.57. The van der Waals surface area contributed by atoms with E-state index in [1.165, 1.54) is 0 Å². The highest BCUT2D eigenvalue weighted by Gasteiger charge is 2.15. The summed E-state index contributed by atoms with van der Waals surface area (Å²) < 4.78 is 0. The summed E-state index contributed by atoms with van der Waals surface area (Å²) >= 11 is 0. The minimum atomic E-state index is 0.0123. The Hall–Kier alpha value is -1.63. The quantitative estimate of drug-likeness (QED) is 0.471. The van der Waals surface area contributed by atoms with Crippen LogP contribution in [0.3, 0.4) is 0 Å². The predicted octanol–water partition coefficient (Wildman–Crippen LogP) is -0.0113. The van der Waals surface area contributed by atoms with Crippen molar-refractivity contribution in [3.8, 4) is 0 Å². The van der Waals surface area contributed by atoms with Crippen LogP contribution in [0.25, 0.3) is 0 Å². The number of hydrogen-bond acceptors (Lipinski definition) is 5. The van der Waals surface area contributed by atoms with E-state index < -0.39 is 0 Å². The molecule has 6 N–H and O–H groups in total. The number of nitrogen functional groups attached to an aromatic ring is 1. The Morgan fingerprint density at radius 1 is 0.909 bits per heavy atom. The van der Waals surface area contributed by atoms with Gasteiger partial charge in [0.2, 0.25) is 5.91 Å². The topological polar surface area (TPSA) is 91.2 Å². The number of nitrogens with one attached hydrogen (secondary N) is 4. The van der Waals surface area contributed by atoms with E-state index in [-0.39, 0.29) is 11.9 Å². The van der Waals surface area contributed by atoms with Crippen LogP contribution in [0, 0.1) is 0 Å². The Kier molecular flexibility index (Phi) is 7.15. The highest BCUT2D eigenvalue weighted by atomic mass is 16.1. The van der Waals surface area contributed by atoms with Gasteiger partial charge in [-0.05, 0) is 37.2 Å². The maximum absolute atomic E-state index is 12.1. The van der Waals surface area contributed by atoms with Crippen LogP contribution in [0.4, 0.5) is 5.69 Å². The summed E-state index contributed by atoms with van der Waals surface area (Å²) in [4.78, 5) is 12.1. The monoisotopic (exact) mass is 305 g/mol. The van der Waals surface area contributed by atoms with Gasteiger partial charge in [0.25, 0.3) is 0 Å². The van der Waals surface area contributed by atoms with Crippen molar-refractivity contribution in [1.29, 1.82) is 0 Å². The van der Waals surface area contributed by atoms with E-state index in [9.17, 15) is 4.79 Å². The first kappa shape index (κ1) is 16.7. The molecule has 1 aliphatic rings. The first-order chi connectivity index (χ1) is 10.8. The molecule has 1 heterocycles. The van der Waals surface area contributed by atoms with Gasteiger partial charge in [0.15, 0.2) is 0 Å². The van der Waals surface area contributed by atoms with Crippen LogP contribution in [-0.2, 0) is 4.79 Å². The molecule has 1 unspecified atom stereocenters. The van der Waals surface area contributed by atoms with Crippen molar-refractivity contribution < 1.29 is 4.79 Å². The molecular weight excluding hydrogens is 278 g/mol. The molecule has 1 amide bonds. The van der Waals surface area contributed by atoms with Crippen molar-refractivity contribution in [3.63, 3.8) is 0 Å². The number of carbonyl (C=O) groups excluding carboxylic acids is 1. The summed E-state index contributed by atoms with van der Waals surface area (Å²) in [6, 6.07) is 7.74. The summed E-state index contributed by atoms with van der Waals surface area (Å²) in [6.07, 6.45) is 1.53. The zero-order valence-electron chi connectivity index (χ0n) is 13.0. The lowest BCUT2D eigenvalue weighted by Crippen LogP contribution is -2.38. The van der Waals surface area contributed by atoms with Crippen LogP contribution in [0.15, 0.2) is 24.3 Å². The smallest absolute Gasteiger partial charge is 0.221 e. The van der Waals surface area contributed by atoms with Crippen molar-refractivity contribution in [2.75, 3.05) is 45.0 Å². The summed E-state index contributed by atoms with van der Waals surface area (Å²) in [5.74, 6) is 0.0705. The summed E-state index contributed by atoms with van der Waals surface area (Å²) in [5, 5.41) is 13.2. The molecule has 1 atom stereocenters. The third-order valence-electron chi connectivity index (χ3n) is 3.75. The fourth-order valence-corrected chi connectivity index (χ4v) is 2.51. The average Bonchev–Trinajstić information content (AvgIpc) is 2.52. The Labute approximate surface area is 132 Å². The van der Waals surface area contributed by atoms with Crippen molar-refractivity contribution in [1.82, 2.24) is 21.3 Å². The highest BCUT2D eigenvalue weighted by Crippen LogP contribution is 2.18. The molecule has 0 aliphatic carbocycles. The van der Waals surface area contributed by atoms with Gasteiger partial charge in [-0.1, -0.05) is 12.1 Å². The van der Waals surface area contributed by atoms with E-state index in [2.05, 4.69) is 21.3 Å².